The molecule has 0 aromatic heterocycles. The lowest BCUT2D eigenvalue weighted by Gasteiger charge is -2.03. The maximum Gasteiger partial charge on any atom is 0.118 e. The number of benzene rings is 1. The minimum absolute atomic E-state index is 0.282. The lowest BCUT2D eigenvalue weighted by molar-refractivity contribution is 0.414. The summed E-state index contributed by atoms with van der Waals surface area (Å²) in [5.41, 5.74) is 0.893. The van der Waals surface area contributed by atoms with Gasteiger partial charge in [-0.05, 0) is 12.1 Å². The molecule has 0 unspecified atom stereocenters. The highest BCUT2D eigenvalue weighted by Crippen LogP contribution is 2.11. The predicted molar refractivity (Wildman–Crippen MR) is 47.5 cm³/mol. The lowest BCUT2D eigenvalue weighted by Crippen LogP contribution is -1.86. The lowest BCUT2D eigenvalue weighted by atomic mass is 10.2. The van der Waals surface area contributed by atoms with Crippen molar-refractivity contribution in [3.63, 3.8) is 0 Å². The van der Waals surface area contributed by atoms with Crippen LogP contribution in [0.15, 0.2) is 24.3 Å². The van der Waals surface area contributed by atoms with Crippen LogP contribution >= 0.6 is 0 Å². The Morgan fingerprint density at radius 1 is 1.42 bits per heavy atom. The van der Waals surface area contributed by atoms with Crippen molar-refractivity contribution in [2.24, 2.45) is 0 Å². The molecule has 0 heterocycles. The zero-order chi connectivity index (χ0) is 8.97. The Morgan fingerprint density at radius 3 is 2.42 bits per heavy atom. The zero-order valence-electron chi connectivity index (χ0n) is 6.74. The van der Waals surface area contributed by atoms with E-state index in [9.17, 15) is 4.21 Å². The van der Waals surface area contributed by atoms with Gasteiger partial charge in [-0.2, -0.15) is 10.6 Å². The molecule has 0 radical (unpaired) electrons. The predicted octanol–water partition coefficient (Wildman–Crippen LogP) is 1.92. The molecule has 0 aliphatic carbocycles. The molecule has 1 N–H and O–H groups in total. The molecule has 0 saturated carbocycles. The maximum absolute atomic E-state index is 10.5. The minimum atomic E-state index is -1.52. The first-order valence-corrected chi connectivity index (χ1v) is 4.77. The van der Waals surface area contributed by atoms with Crippen molar-refractivity contribution in [1.29, 1.82) is 4.78 Å². The van der Waals surface area contributed by atoms with Gasteiger partial charge in [-0.1, -0.05) is 23.4 Å². The van der Waals surface area contributed by atoms with Crippen LogP contribution in [0.4, 0.5) is 0 Å². The number of hydrogen-bond acceptors (Lipinski definition) is 4. The molecule has 66 valence electrons. The van der Waals surface area contributed by atoms with Gasteiger partial charge < -0.3 is 13.7 Å². The van der Waals surface area contributed by atoms with Gasteiger partial charge in [0.15, 0.2) is 0 Å². The first-order chi connectivity index (χ1) is 5.72. The van der Waals surface area contributed by atoms with Crippen LogP contribution in [-0.4, -0.2) is 7.11 Å². The second-order valence-corrected chi connectivity index (χ2v) is 3.32. The summed E-state index contributed by atoms with van der Waals surface area (Å²) < 4.78 is 22.3. The molecule has 0 aliphatic heterocycles. The van der Waals surface area contributed by atoms with Crippen LogP contribution in [-0.2, 0) is 20.6 Å². The first kappa shape index (κ1) is 9.06. The number of rotatable bonds is 3. The second-order valence-electron chi connectivity index (χ2n) is 2.34. The second kappa shape index (κ2) is 4.11. The quantitative estimate of drug-likeness (QED) is 0.729. The molecular formula is C8H10NO2S-. The van der Waals surface area contributed by atoms with Crippen molar-refractivity contribution in [2.45, 2.75) is 5.75 Å². The van der Waals surface area contributed by atoms with E-state index < -0.39 is 10.6 Å². The van der Waals surface area contributed by atoms with Gasteiger partial charge in [0.2, 0.25) is 0 Å². The Balaban J connectivity index is 2.77. The van der Waals surface area contributed by atoms with Gasteiger partial charge in [0.05, 0.1) is 7.11 Å². The van der Waals surface area contributed by atoms with Gasteiger partial charge in [-0.3, -0.25) is 0 Å². The van der Waals surface area contributed by atoms with E-state index in [4.69, 9.17) is 9.52 Å². The highest BCUT2D eigenvalue weighted by molar-refractivity contribution is 7.72. The molecular weight excluding hydrogens is 174 g/mol. The van der Waals surface area contributed by atoms with Crippen LogP contribution in [0.1, 0.15) is 5.56 Å². The van der Waals surface area contributed by atoms with Gasteiger partial charge in [0, 0.05) is 0 Å². The van der Waals surface area contributed by atoms with Crippen molar-refractivity contribution >= 4 is 10.6 Å². The van der Waals surface area contributed by atoms with E-state index in [2.05, 4.69) is 0 Å². The monoisotopic (exact) mass is 184 g/mol. The first-order valence-electron chi connectivity index (χ1n) is 3.45. The molecule has 1 rings (SSSR count). The summed E-state index contributed by atoms with van der Waals surface area (Å²) in [6.45, 7) is 0. The van der Waals surface area contributed by atoms with Crippen LogP contribution < -0.4 is 4.74 Å². The minimum Gasteiger partial charge on any atom is -0.497 e. The van der Waals surface area contributed by atoms with Crippen LogP contribution in [0, 0.1) is 4.78 Å². The normalized spacial score (nSPS) is 10.2. The van der Waals surface area contributed by atoms with E-state index in [0.717, 1.165) is 11.3 Å². The van der Waals surface area contributed by atoms with E-state index in [1.165, 1.54) is 0 Å². The van der Waals surface area contributed by atoms with E-state index in [0.29, 0.717) is 0 Å². The number of ether oxygens (including phenoxy) is 1. The average Bonchev–Trinajstić information content (AvgIpc) is 2.05. The highest BCUT2D eigenvalue weighted by Gasteiger charge is 1.89. The fourth-order valence-electron chi connectivity index (χ4n) is 0.873. The molecule has 0 aliphatic rings. The molecule has 0 bridgehead atoms. The fourth-order valence-corrected chi connectivity index (χ4v) is 1.37. The Kier molecular flexibility index (Phi) is 3.10. The topological polar surface area (TPSA) is 50.1 Å². The molecule has 3 nitrogen and oxygen atoms in total. The van der Waals surface area contributed by atoms with Crippen LogP contribution in [0.5, 0.6) is 5.75 Å². The van der Waals surface area contributed by atoms with Crippen molar-refractivity contribution in [3.05, 3.63) is 29.8 Å². The third-order valence-corrected chi connectivity index (χ3v) is 2.05. The van der Waals surface area contributed by atoms with Crippen LogP contribution in [0.2, 0.25) is 0 Å². The maximum atomic E-state index is 10.5. The molecule has 4 heteroatoms. The molecule has 12 heavy (non-hydrogen) atoms. The van der Waals surface area contributed by atoms with Gasteiger partial charge in [-0.25, -0.2) is 0 Å². The Hall–Kier alpha value is -1.03. The third-order valence-electron chi connectivity index (χ3n) is 1.46. The zero-order valence-corrected chi connectivity index (χ0v) is 7.56. The molecule has 0 atom stereocenters. The third kappa shape index (κ3) is 2.54. The Bertz CT molecular complexity index is 308. The van der Waals surface area contributed by atoms with E-state index in [1.54, 1.807) is 19.2 Å². The summed E-state index contributed by atoms with van der Waals surface area (Å²) >= 11 is 0. The summed E-state index contributed by atoms with van der Waals surface area (Å²) in [5.74, 6) is 1.05. The number of methoxy groups -OCH3 is 1. The van der Waals surface area contributed by atoms with Crippen LogP contribution in [0.25, 0.3) is 0 Å². The molecule has 0 spiro atoms. The summed E-state index contributed by atoms with van der Waals surface area (Å²) in [5, 5.41) is 0. The summed E-state index contributed by atoms with van der Waals surface area (Å²) in [6, 6.07) is 7.21. The van der Waals surface area contributed by atoms with Crippen molar-refractivity contribution in [1.82, 2.24) is 0 Å². The number of hydrogen-bond donors (Lipinski definition) is 1. The van der Waals surface area contributed by atoms with E-state index in [1.807, 2.05) is 12.1 Å². The molecule has 0 saturated heterocycles. The van der Waals surface area contributed by atoms with Gasteiger partial charge >= 0.3 is 0 Å². The van der Waals surface area contributed by atoms with E-state index >= 15 is 0 Å². The van der Waals surface area contributed by atoms with E-state index in [-0.39, 0.29) is 5.75 Å². The van der Waals surface area contributed by atoms with Crippen molar-refractivity contribution in [2.75, 3.05) is 7.11 Å². The summed E-state index contributed by atoms with van der Waals surface area (Å²) in [4.78, 5) is 0. The highest BCUT2D eigenvalue weighted by atomic mass is 32.2. The molecule has 0 fully saturated rings. The van der Waals surface area contributed by atoms with Gasteiger partial charge in [-0.15, -0.1) is 0 Å². The number of nitrogens with one attached hydrogen (secondary N) is 1. The Morgan fingerprint density at radius 2 is 2.00 bits per heavy atom. The summed E-state index contributed by atoms with van der Waals surface area (Å²) in [7, 11) is 0.0790. The van der Waals surface area contributed by atoms with Gasteiger partial charge in [0.1, 0.15) is 5.75 Å². The Labute approximate surface area is 73.4 Å². The van der Waals surface area contributed by atoms with Crippen molar-refractivity contribution in [3.8, 4) is 5.75 Å². The standard InChI is InChI=1S/C8H10NO2S/c1-11-8-4-2-7(3-5-8)6-12(9)10/h2-5,9H,6H2,1H3/q-1. The van der Waals surface area contributed by atoms with Gasteiger partial charge in [0.25, 0.3) is 0 Å². The smallest absolute Gasteiger partial charge is 0.118 e. The molecule has 1 aromatic carbocycles. The molecule has 1 aromatic rings. The summed E-state index contributed by atoms with van der Waals surface area (Å²) in [6.07, 6.45) is 0. The average molecular weight is 184 g/mol. The fraction of sp³-hybridized carbons (Fsp3) is 0.250. The molecule has 0 amide bonds. The SMILES string of the molecule is COc1ccc(C[S-](=N)=O)cc1. The van der Waals surface area contributed by atoms with Crippen molar-refractivity contribution < 1.29 is 8.95 Å². The largest absolute Gasteiger partial charge is 0.497 e. The van der Waals surface area contributed by atoms with Crippen LogP contribution in [0.3, 0.4) is 0 Å².